The maximum absolute atomic E-state index is 11.8. The van der Waals surface area contributed by atoms with Crippen molar-refractivity contribution >= 4 is 5.91 Å². The molecule has 2 rings (SSSR count). The lowest BCUT2D eigenvalue weighted by molar-refractivity contribution is -0.128. The second kappa shape index (κ2) is 5.95. The van der Waals surface area contributed by atoms with Gasteiger partial charge < -0.3 is 14.5 Å². The van der Waals surface area contributed by atoms with Crippen LogP contribution in [-0.4, -0.2) is 23.2 Å². The van der Waals surface area contributed by atoms with E-state index < -0.39 is 5.41 Å². The van der Waals surface area contributed by atoms with Gasteiger partial charge in [-0.25, -0.2) is 0 Å². The van der Waals surface area contributed by atoms with E-state index in [1.165, 1.54) is 0 Å². The van der Waals surface area contributed by atoms with Gasteiger partial charge in [-0.1, -0.05) is 20.8 Å². The van der Waals surface area contributed by atoms with Crippen molar-refractivity contribution in [3.8, 4) is 17.2 Å². The minimum Gasteiger partial charge on any atom is -0.497 e. The highest BCUT2D eigenvalue weighted by atomic mass is 16.5. The van der Waals surface area contributed by atoms with Crippen molar-refractivity contribution in [3.05, 3.63) is 30.2 Å². The molecular formula is C15H19N3O3. The van der Waals surface area contributed by atoms with E-state index >= 15 is 0 Å². The van der Waals surface area contributed by atoms with Gasteiger partial charge in [0.25, 0.3) is 0 Å². The Morgan fingerprint density at radius 3 is 2.48 bits per heavy atom. The largest absolute Gasteiger partial charge is 0.497 e. The molecule has 0 fully saturated rings. The summed E-state index contributed by atoms with van der Waals surface area (Å²) >= 11 is 0. The molecule has 0 aliphatic carbocycles. The highest BCUT2D eigenvalue weighted by Crippen LogP contribution is 2.21. The molecule has 0 aliphatic rings. The molecule has 0 saturated heterocycles. The van der Waals surface area contributed by atoms with Gasteiger partial charge in [-0.3, -0.25) is 4.79 Å². The minimum absolute atomic E-state index is 0.0632. The lowest BCUT2D eigenvalue weighted by Gasteiger charge is -2.16. The molecule has 2 aromatic rings. The Morgan fingerprint density at radius 2 is 1.90 bits per heavy atom. The molecule has 1 aromatic heterocycles. The van der Waals surface area contributed by atoms with Crippen molar-refractivity contribution in [1.29, 1.82) is 0 Å². The fraction of sp³-hybridized carbons (Fsp3) is 0.400. The molecule has 1 aromatic carbocycles. The van der Waals surface area contributed by atoms with E-state index in [2.05, 4.69) is 15.5 Å². The van der Waals surface area contributed by atoms with Crippen LogP contribution in [0.25, 0.3) is 11.5 Å². The molecule has 0 atom stereocenters. The van der Waals surface area contributed by atoms with Crippen LogP contribution in [0.2, 0.25) is 0 Å². The van der Waals surface area contributed by atoms with Crippen LogP contribution in [0.4, 0.5) is 0 Å². The average Bonchev–Trinajstić information content (AvgIpc) is 2.92. The summed E-state index contributed by atoms with van der Waals surface area (Å²) < 4.78 is 10.6. The van der Waals surface area contributed by atoms with Gasteiger partial charge in [0.2, 0.25) is 17.7 Å². The highest BCUT2D eigenvalue weighted by Gasteiger charge is 2.21. The first-order valence-electron chi connectivity index (χ1n) is 6.65. The van der Waals surface area contributed by atoms with Crippen molar-refractivity contribution in [2.45, 2.75) is 27.3 Å². The summed E-state index contributed by atoms with van der Waals surface area (Å²) in [5.74, 6) is 1.48. The van der Waals surface area contributed by atoms with E-state index in [4.69, 9.17) is 9.15 Å². The number of benzene rings is 1. The highest BCUT2D eigenvalue weighted by molar-refractivity contribution is 5.81. The number of methoxy groups -OCH3 is 1. The molecule has 0 bridgehead atoms. The average molecular weight is 289 g/mol. The Hall–Kier alpha value is -2.37. The SMILES string of the molecule is COc1ccc(-c2nnc(CNC(=O)C(C)(C)C)o2)cc1. The first-order valence-corrected chi connectivity index (χ1v) is 6.65. The van der Waals surface area contributed by atoms with Crippen LogP contribution < -0.4 is 10.1 Å². The third-order valence-corrected chi connectivity index (χ3v) is 2.89. The standard InChI is InChI=1S/C15H19N3O3/c1-15(2,3)14(19)16-9-12-17-18-13(21-12)10-5-7-11(20-4)8-6-10/h5-8H,9H2,1-4H3,(H,16,19). The number of rotatable bonds is 4. The number of aromatic nitrogens is 2. The fourth-order valence-electron chi connectivity index (χ4n) is 1.60. The van der Waals surface area contributed by atoms with Crippen LogP contribution in [-0.2, 0) is 11.3 Å². The van der Waals surface area contributed by atoms with Crippen molar-refractivity contribution < 1.29 is 13.9 Å². The number of hydrogen-bond acceptors (Lipinski definition) is 5. The van der Waals surface area contributed by atoms with Gasteiger partial charge in [0.15, 0.2) is 0 Å². The molecule has 1 N–H and O–H groups in total. The van der Waals surface area contributed by atoms with Gasteiger partial charge in [-0.15, -0.1) is 10.2 Å². The normalized spacial score (nSPS) is 11.2. The summed E-state index contributed by atoms with van der Waals surface area (Å²) in [5.41, 5.74) is 0.357. The van der Waals surface area contributed by atoms with E-state index in [9.17, 15) is 4.79 Å². The number of carbonyl (C=O) groups is 1. The molecule has 6 nitrogen and oxygen atoms in total. The van der Waals surface area contributed by atoms with Gasteiger partial charge in [-0.05, 0) is 24.3 Å². The zero-order valence-corrected chi connectivity index (χ0v) is 12.6. The molecule has 0 spiro atoms. The number of nitrogens with zero attached hydrogens (tertiary/aromatic N) is 2. The van der Waals surface area contributed by atoms with Crippen LogP contribution in [0.3, 0.4) is 0 Å². The Balaban J connectivity index is 2.02. The lowest BCUT2D eigenvalue weighted by atomic mass is 9.96. The van der Waals surface area contributed by atoms with Crippen molar-refractivity contribution in [2.75, 3.05) is 7.11 Å². The topological polar surface area (TPSA) is 77.3 Å². The van der Waals surface area contributed by atoms with E-state index in [-0.39, 0.29) is 12.5 Å². The van der Waals surface area contributed by atoms with Crippen LogP contribution >= 0.6 is 0 Å². The van der Waals surface area contributed by atoms with Crippen LogP contribution in [0, 0.1) is 5.41 Å². The Bertz CT molecular complexity index is 612. The van der Waals surface area contributed by atoms with Gasteiger partial charge in [0.1, 0.15) is 5.75 Å². The molecule has 0 aliphatic heterocycles. The molecule has 1 heterocycles. The predicted octanol–water partition coefficient (Wildman–Crippen LogP) is 2.41. The zero-order chi connectivity index (χ0) is 15.5. The third kappa shape index (κ3) is 3.81. The second-order valence-electron chi connectivity index (χ2n) is 5.66. The molecule has 0 radical (unpaired) electrons. The van der Waals surface area contributed by atoms with Gasteiger partial charge in [0, 0.05) is 11.0 Å². The number of amides is 1. The molecule has 112 valence electrons. The Labute approximate surface area is 123 Å². The number of nitrogens with one attached hydrogen (secondary N) is 1. The summed E-state index contributed by atoms with van der Waals surface area (Å²) in [7, 11) is 1.61. The first-order chi connectivity index (χ1) is 9.90. The van der Waals surface area contributed by atoms with Gasteiger partial charge in [0.05, 0.1) is 13.7 Å². The van der Waals surface area contributed by atoms with E-state index in [1.807, 2.05) is 45.0 Å². The van der Waals surface area contributed by atoms with Crippen LogP contribution in [0.1, 0.15) is 26.7 Å². The predicted molar refractivity (Wildman–Crippen MR) is 77.6 cm³/mol. The second-order valence-corrected chi connectivity index (χ2v) is 5.66. The summed E-state index contributed by atoms with van der Waals surface area (Å²) in [6, 6.07) is 7.31. The van der Waals surface area contributed by atoms with Gasteiger partial charge >= 0.3 is 0 Å². The van der Waals surface area contributed by atoms with Crippen LogP contribution in [0.5, 0.6) is 5.75 Å². The van der Waals surface area contributed by atoms with E-state index in [0.29, 0.717) is 11.8 Å². The Kier molecular flexibility index (Phi) is 4.26. The fourth-order valence-corrected chi connectivity index (χ4v) is 1.60. The summed E-state index contributed by atoms with van der Waals surface area (Å²) in [4.78, 5) is 11.8. The zero-order valence-electron chi connectivity index (χ0n) is 12.6. The summed E-state index contributed by atoms with van der Waals surface area (Å²) in [5, 5.41) is 10.7. The molecule has 0 unspecified atom stereocenters. The molecule has 21 heavy (non-hydrogen) atoms. The quantitative estimate of drug-likeness (QED) is 0.935. The molecule has 1 amide bonds. The lowest BCUT2D eigenvalue weighted by Crippen LogP contribution is -2.34. The smallest absolute Gasteiger partial charge is 0.247 e. The van der Waals surface area contributed by atoms with Crippen LogP contribution in [0.15, 0.2) is 28.7 Å². The van der Waals surface area contributed by atoms with Gasteiger partial charge in [-0.2, -0.15) is 0 Å². The van der Waals surface area contributed by atoms with E-state index in [1.54, 1.807) is 7.11 Å². The monoisotopic (exact) mass is 289 g/mol. The molecular weight excluding hydrogens is 270 g/mol. The summed E-state index contributed by atoms with van der Waals surface area (Å²) in [6.45, 7) is 5.76. The van der Waals surface area contributed by atoms with Crippen molar-refractivity contribution in [1.82, 2.24) is 15.5 Å². The van der Waals surface area contributed by atoms with E-state index in [0.717, 1.165) is 11.3 Å². The third-order valence-electron chi connectivity index (χ3n) is 2.89. The maximum atomic E-state index is 11.8. The molecule has 6 heteroatoms. The number of ether oxygens (including phenoxy) is 1. The Morgan fingerprint density at radius 1 is 1.24 bits per heavy atom. The maximum Gasteiger partial charge on any atom is 0.247 e. The molecule has 0 saturated carbocycles. The number of carbonyl (C=O) groups excluding carboxylic acids is 1. The first kappa shape index (κ1) is 15.0. The van der Waals surface area contributed by atoms with Crippen molar-refractivity contribution in [2.24, 2.45) is 5.41 Å². The number of hydrogen-bond donors (Lipinski definition) is 1. The minimum atomic E-state index is -0.446. The summed E-state index contributed by atoms with van der Waals surface area (Å²) in [6.07, 6.45) is 0. The van der Waals surface area contributed by atoms with Crippen molar-refractivity contribution in [3.63, 3.8) is 0 Å².